The maximum absolute atomic E-state index is 5.87. The summed E-state index contributed by atoms with van der Waals surface area (Å²) in [5.74, 6) is 0.509. The molecular formula is C12H18Cl2N2O. The molecule has 1 aromatic heterocycles. The fraction of sp³-hybridized carbons (Fsp3) is 0.667. The van der Waals surface area contributed by atoms with E-state index in [2.05, 4.69) is 17.1 Å². The summed E-state index contributed by atoms with van der Waals surface area (Å²) in [5, 5.41) is 7.89. The van der Waals surface area contributed by atoms with E-state index in [1.54, 1.807) is 6.07 Å². The first-order valence-electron chi connectivity index (χ1n) is 5.99. The molecule has 0 fully saturated rings. The number of unbranched alkanes of at least 4 members (excludes halogenated alkanes) is 3. The maximum Gasteiger partial charge on any atom is 0.193 e. The Morgan fingerprint density at radius 2 is 2.00 bits per heavy atom. The van der Waals surface area contributed by atoms with Crippen molar-refractivity contribution in [1.82, 2.24) is 10.2 Å². The summed E-state index contributed by atoms with van der Waals surface area (Å²) in [5.41, 5.74) is 0. The van der Waals surface area contributed by atoms with Gasteiger partial charge in [0.05, 0.1) is 6.10 Å². The van der Waals surface area contributed by atoms with E-state index in [-0.39, 0.29) is 11.3 Å². The Hall–Kier alpha value is -0.540. The molecule has 0 amide bonds. The molecule has 1 rings (SSSR count). The monoisotopic (exact) mass is 276 g/mol. The summed E-state index contributed by atoms with van der Waals surface area (Å²) in [6, 6.07) is 1.60. The number of aromatic nitrogens is 2. The van der Waals surface area contributed by atoms with Gasteiger partial charge in [-0.2, -0.15) is 0 Å². The van der Waals surface area contributed by atoms with Gasteiger partial charge in [0.25, 0.3) is 0 Å². The van der Waals surface area contributed by atoms with Crippen molar-refractivity contribution in [2.45, 2.75) is 52.1 Å². The third-order valence-electron chi connectivity index (χ3n) is 2.48. The average Bonchev–Trinajstić information content (AvgIpc) is 2.29. The van der Waals surface area contributed by atoms with Crippen LogP contribution in [0.1, 0.15) is 46.0 Å². The first-order chi connectivity index (χ1) is 8.13. The molecule has 0 spiro atoms. The number of ether oxygens (including phenoxy) is 1. The maximum atomic E-state index is 5.87. The second-order valence-corrected chi connectivity index (χ2v) is 4.85. The molecule has 1 unspecified atom stereocenters. The predicted molar refractivity (Wildman–Crippen MR) is 70.9 cm³/mol. The Morgan fingerprint density at radius 3 is 2.71 bits per heavy atom. The molecule has 1 atom stereocenters. The molecule has 0 aliphatic heterocycles. The van der Waals surface area contributed by atoms with Crippen molar-refractivity contribution in [1.29, 1.82) is 0 Å². The molecule has 0 N–H and O–H groups in total. The third-order valence-corrected chi connectivity index (χ3v) is 2.93. The minimum atomic E-state index is 0.115. The van der Waals surface area contributed by atoms with Crippen LogP contribution in [0.2, 0.25) is 10.3 Å². The molecule has 0 saturated carbocycles. The zero-order valence-electron chi connectivity index (χ0n) is 10.2. The van der Waals surface area contributed by atoms with Crippen molar-refractivity contribution in [3.63, 3.8) is 0 Å². The lowest BCUT2D eigenvalue weighted by Crippen LogP contribution is -2.12. The van der Waals surface area contributed by atoms with E-state index in [1.807, 2.05) is 6.92 Å². The Morgan fingerprint density at radius 1 is 1.24 bits per heavy atom. The standard InChI is InChI=1S/C12H18Cl2N2O/c1-3-4-5-6-7-9(2)17-10-8-11(13)15-16-12(10)14/h8-9H,3-7H2,1-2H3. The molecular weight excluding hydrogens is 259 g/mol. The summed E-state index contributed by atoms with van der Waals surface area (Å²) in [6.45, 7) is 4.22. The lowest BCUT2D eigenvalue weighted by Gasteiger charge is -2.14. The van der Waals surface area contributed by atoms with E-state index in [4.69, 9.17) is 27.9 Å². The predicted octanol–water partition coefficient (Wildman–Crippen LogP) is 4.52. The average molecular weight is 277 g/mol. The number of hydrogen-bond acceptors (Lipinski definition) is 3. The van der Waals surface area contributed by atoms with Crippen molar-refractivity contribution in [3.05, 3.63) is 16.4 Å². The highest BCUT2D eigenvalue weighted by Crippen LogP contribution is 2.25. The normalized spacial score (nSPS) is 12.5. The lowest BCUT2D eigenvalue weighted by molar-refractivity contribution is 0.205. The second-order valence-electron chi connectivity index (χ2n) is 4.10. The smallest absolute Gasteiger partial charge is 0.193 e. The van der Waals surface area contributed by atoms with Gasteiger partial charge >= 0.3 is 0 Å². The van der Waals surface area contributed by atoms with Crippen LogP contribution in [0.3, 0.4) is 0 Å². The molecule has 3 nitrogen and oxygen atoms in total. The van der Waals surface area contributed by atoms with Gasteiger partial charge in [0.1, 0.15) is 0 Å². The molecule has 96 valence electrons. The molecule has 0 aliphatic carbocycles. The van der Waals surface area contributed by atoms with Crippen molar-refractivity contribution in [2.75, 3.05) is 0 Å². The fourth-order valence-electron chi connectivity index (χ4n) is 1.55. The Balaban J connectivity index is 2.39. The number of halogens is 2. The first kappa shape index (κ1) is 14.5. The molecule has 1 aromatic rings. The molecule has 0 aliphatic rings. The molecule has 0 aromatic carbocycles. The van der Waals surface area contributed by atoms with Gasteiger partial charge in [-0.3, -0.25) is 0 Å². The molecule has 1 heterocycles. The van der Waals surface area contributed by atoms with Gasteiger partial charge < -0.3 is 4.74 Å². The highest BCUT2D eigenvalue weighted by molar-refractivity contribution is 6.32. The van der Waals surface area contributed by atoms with Crippen molar-refractivity contribution in [2.24, 2.45) is 0 Å². The quantitative estimate of drug-likeness (QED) is 0.687. The number of nitrogens with zero attached hydrogens (tertiary/aromatic N) is 2. The first-order valence-corrected chi connectivity index (χ1v) is 6.74. The highest BCUT2D eigenvalue weighted by Gasteiger charge is 2.09. The molecule has 17 heavy (non-hydrogen) atoms. The van der Waals surface area contributed by atoms with Crippen LogP contribution < -0.4 is 4.74 Å². The van der Waals surface area contributed by atoms with Crippen LogP contribution in [0.4, 0.5) is 0 Å². The third kappa shape index (κ3) is 5.55. The Kier molecular flexibility index (Phi) is 6.60. The van der Waals surface area contributed by atoms with E-state index in [1.165, 1.54) is 25.7 Å². The van der Waals surface area contributed by atoms with Gasteiger partial charge in [0.15, 0.2) is 16.1 Å². The van der Waals surface area contributed by atoms with Gasteiger partial charge in [0, 0.05) is 6.07 Å². The van der Waals surface area contributed by atoms with Crippen molar-refractivity contribution < 1.29 is 4.74 Å². The van der Waals surface area contributed by atoms with Gasteiger partial charge in [0.2, 0.25) is 0 Å². The zero-order chi connectivity index (χ0) is 12.7. The number of rotatable bonds is 7. The van der Waals surface area contributed by atoms with E-state index >= 15 is 0 Å². The topological polar surface area (TPSA) is 35.0 Å². The highest BCUT2D eigenvalue weighted by atomic mass is 35.5. The van der Waals surface area contributed by atoms with Crippen LogP contribution in [0.25, 0.3) is 0 Å². The van der Waals surface area contributed by atoms with Crippen LogP contribution in [0, 0.1) is 0 Å². The largest absolute Gasteiger partial charge is 0.487 e. The Labute approximate surface area is 112 Å². The van der Waals surface area contributed by atoms with E-state index < -0.39 is 0 Å². The van der Waals surface area contributed by atoms with Gasteiger partial charge in [-0.1, -0.05) is 49.4 Å². The van der Waals surface area contributed by atoms with Gasteiger partial charge in [-0.25, -0.2) is 0 Å². The molecule has 0 radical (unpaired) electrons. The summed E-state index contributed by atoms with van der Waals surface area (Å²) >= 11 is 11.6. The molecule has 5 heteroatoms. The summed E-state index contributed by atoms with van der Waals surface area (Å²) < 4.78 is 5.69. The Bertz CT molecular complexity index is 347. The van der Waals surface area contributed by atoms with Gasteiger partial charge in [-0.15, -0.1) is 10.2 Å². The van der Waals surface area contributed by atoms with Crippen LogP contribution in [0.15, 0.2) is 6.07 Å². The van der Waals surface area contributed by atoms with Crippen LogP contribution in [-0.4, -0.2) is 16.3 Å². The summed E-state index contributed by atoms with van der Waals surface area (Å²) in [4.78, 5) is 0. The van der Waals surface area contributed by atoms with E-state index in [0.717, 1.165) is 6.42 Å². The van der Waals surface area contributed by atoms with Crippen LogP contribution in [0.5, 0.6) is 5.75 Å². The number of hydrogen-bond donors (Lipinski definition) is 0. The summed E-state index contributed by atoms with van der Waals surface area (Å²) in [6.07, 6.45) is 6.05. The van der Waals surface area contributed by atoms with Crippen LogP contribution >= 0.6 is 23.2 Å². The molecule has 0 bridgehead atoms. The lowest BCUT2D eigenvalue weighted by atomic mass is 10.1. The van der Waals surface area contributed by atoms with Crippen molar-refractivity contribution >= 4 is 23.2 Å². The SMILES string of the molecule is CCCCCCC(C)Oc1cc(Cl)nnc1Cl. The molecule has 0 saturated heterocycles. The summed E-state index contributed by atoms with van der Waals surface area (Å²) in [7, 11) is 0. The van der Waals surface area contributed by atoms with Crippen LogP contribution in [-0.2, 0) is 0 Å². The fourth-order valence-corrected chi connectivity index (χ4v) is 1.83. The minimum Gasteiger partial charge on any atom is -0.487 e. The van der Waals surface area contributed by atoms with Crippen molar-refractivity contribution in [3.8, 4) is 5.75 Å². The zero-order valence-corrected chi connectivity index (χ0v) is 11.8. The van der Waals surface area contributed by atoms with Gasteiger partial charge in [-0.05, 0) is 19.8 Å². The minimum absolute atomic E-state index is 0.115. The second kappa shape index (κ2) is 7.72. The van der Waals surface area contributed by atoms with E-state index in [9.17, 15) is 0 Å². The van der Waals surface area contributed by atoms with E-state index in [0.29, 0.717) is 10.9 Å².